The van der Waals surface area contributed by atoms with Gasteiger partial charge in [0.05, 0.1) is 4.88 Å². The standard InChI is InChI=1S/C12H13N3OS/c1-15(2)11(16)9-5-3-8(4-6-9)10-7-14-12(13)17-10/h3-7H,1-2H3,(H2,13,14). The molecular weight excluding hydrogens is 234 g/mol. The molecule has 1 aromatic heterocycles. The van der Waals surface area contributed by atoms with E-state index in [-0.39, 0.29) is 5.91 Å². The fourth-order valence-corrected chi connectivity index (χ4v) is 2.15. The Kier molecular flexibility index (Phi) is 3.10. The zero-order valence-corrected chi connectivity index (χ0v) is 10.5. The molecule has 0 unspecified atom stereocenters. The summed E-state index contributed by atoms with van der Waals surface area (Å²) in [5.41, 5.74) is 7.28. The topological polar surface area (TPSA) is 59.2 Å². The van der Waals surface area contributed by atoms with Crippen LogP contribution in [0.4, 0.5) is 5.13 Å². The Labute approximate surface area is 104 Å². The minimum atomic E-state index is 0.000341. The molecule has 2 rings (SSSR count). The fraction of sp³-hybridized carbons (Fsp3) is 0.167. The third kappa shape index (κ3) is 2.45. The van der Waals surface area contributed by atoms with E-state index in [0.29, 0.717) is 10.7 Å². The lowest BCUT2D eigenvalue weighted by Gasteiger charge is -2.10. The van der Waals surface area contributed by atoms with E-state index in [1.54, 1.807) is 25.2 Å². The van der Waals surface area contributed by atoms with Gasteiger partial charge >= 0.3 is 0 Å². The van der Waals surface area contributed by atoms with Gasteiger partial charge < -0.3 is 10.6 Å². The largest absolute Gasteiger partial charge is 0.375 e. The Morgan fingerprint density at radius 1 is 1.29 bits per heavy atom. The van der Waals surface area contributed by atoms with Crippen LogP contribution < -0.4 is 5.73 Å². The van der Waals surface area contributed by atoms with Gasteiger partial charge in [-0.1, -0.05) is 23.5 Å². The van der Waals surface area contributed by atoms with Crippen molar-refractivity contribution in [2.75, 3.05) is 19.8 Å². The van der Waals surface area contributed by atoms with Gasteiger partial charge in [0.15, 0.2) is 5.13 Å². The van der Waals surface area contributed by atoms with Gasteiger partial charge in [-0.25, -0.2) is 4.98 Å². The number of hydrogen-bond donors (Lipinski definition) is 1. The third-order valence-corrected chi connectivity index (χ3v) is 3.22. The van der Waals surface area contributed by atoms with Crippen LogP contribution in [0.15, 0.2) is 30.5 Å². The summed E-state index contributed by atoms with van der Waals surface area (Å²) in [6.07, 6.45) is 1.74. The molecule has 0 aliphatic heterocycles. The first kappa shape index (κ1) is 11.6. The summed E-state index contributed by atoms with van der Waals surface area (Å²) in [7, 11) is 3.47. The second-order valence-corrected chi connectivity index (χ2v) is 4.90. The summed E-state index contributed by atoms with van der Waals surface area (Å²) in [5, 5.41) is 0.549. The Bertz CT molecular complexity index is 531. The number of anilines is 1. The predicted octanol–water partition coefficient (Wildman–Crippen LogP) is 2.09. The van der Waals surface area contributed by atoms with Crippen LogP contribution in [0.2, 0.25) is 0 Å². The highest BCUT2D eigenvalue weighted by atomic mass is 32.1. The summed E-state index contributed by atoms with van der Waals surface area (Å²) in [6, 6.07) is 7.44. The van der Waals surface area contributed by atoms with Crippen LogP contribution in [0.25, 0.3) is 10.4 Å². The Balaban J connectivity index is 2.27. The molecule has 0 radical (unpaired) electrons. The normalized spacial score (nSPS) is 10.2. The van der Waals surface area contributed by atoms with Crippen molar-refractivity contribution < 1.29 is 4.79 Å². The Morgan fingerprint density at radius 3 is 2.41 bits per heavy atom. The second kappa shape index (κ2) is 4.55. The average molecular weight is 247 g/mol. The average Bonchev–Trinajstić information content (AvgIpc) is 2.75. The van der Waals surface area contributed by atoms with Gasteiger partial charge in [0, 0.05) is 25.9 Å². The smallest absolute Gasteiger partial charge is 0.253 e. The molecule has 17 heavy (non-hydrogen) atoms. The fourth-order valence-electron chi connectivity index (χ4n) is 1.46. The molecule has 0 saturated heterocycles. The van der Waals surface area contributed by atoms with E-state index in [4.69, 9.17) is 5.73 Å². The van der Waals surface area contributed by atoms with Crippen molar-refractivity contribution in [1.82, 2.24) is 9.88 Å². The van der Waals surface area contributed by atoms with E-state index < -0.39 is 0 Å². The van der Waals surface area contributed by atoms with Crippen LogP contribution in [0.5, 0.6) is 0 Å². The molecule has 0 atom stereocenters. The molecule has 1 heterocycles. The quantitative estimate of drug-likeness (QED) is 0.884. The molecule has 1 amide bonds. The van der Waals surface area contributed by atoms with Crippen molar-refractivity contribution in [3.05, 3.63) is 36.0 Å². The van der Waals surface area contributed by atoms with Crippen LogP contribution in [0, 0.1) is 0 Å². The molecule has 0 aliphatic rings. The SMILES string of the molecule is CN(C)C(=O)c1ccc(-c2cnc(N)s2)cc1. The summed E-state index contributed by atoms with van der Waals surface area (Å²) in [4.78, 5) is 18.3. The summed E-state index contributed by atoms with van der Waals surface area (Å²) < 4.78 is 0. The number of carbonyl (C=O) groups is 1. The molecule has 0 aliphatic carbocycles. The first-order chi connectivity index (χ1) is 8.08. The van der Waals surface area contributed by atoms with E-state index in [0.717, 1.165) is 10.4 Å². The van der Waals surface area contributed by atoms with Gasteiger partial charge in [-0.2, -0.15) is 0 Å². The first-order valence-corrected chi connectivity index (χ1v) is 5.93. The Hall–Kier alpha value is -1.88. The third-order valence-electron chi connectivity index (χ3n) is 2.35. The monoisotopic (exact) mass is 247 g/mol. The maximum atomic E-state index is 11.7. The van der Waals surface area contributed by atoms with E-state index in [1.807, 2.05) is 24.3 Å². The minimum Gasteiger partial charge on any atom is -0.375 e. The highest BCUT2D eigenvalue weighted by molar-refractivity contribution is 7.18. The summed E-state index contributed by atoms with van der Waals surface area (Å²) in [5.74, 6) is 0.000341. The molecular formula is C12H13N3OS. The highest BCUT2D eigenvalue weighted by Gasteiger charge is 2.08. The van der Waals surface area contributed by atoms with E-state index in [9.17, 15) is 4.79 Å². The van der Waals surface area contributed by atoms with Crippen molar-refractivity contribution >= 4 is 22.4 Å². The number of nitrogens with zero attached hydrogens (tertiary/aromatic N) is 2. The molecule has 4 nitrogen and oxygen atoms in total. The molecule has 0 bridgehead atoms. The zero-order chi connectivity index (χ0) is 12.4. The molecule has 88 valence electrons. The molecule has 2 N–H and O–H groups in total. The van der Waals surface area contributed by atoms with E-state index in [1.165, 1.54) is 11.3 Å². The lowest BCUT2D eigenvalue weighted by molar-refractivity contribution is 0.0827. The molecule has 0 saturated carbocycles. The first-order valence-electron chi connectivity index (χ1n) is 5.11. The van der Waals surface area contributed by atoms with Crippen LogP contribution in [-0.4, -0.2) is 29.9 Å². The van der Waals surface area contributed by atoms with E-state index >= 15 is 0 Å². The number of benzene rings is 1. The van der Waals surface area contributed by atoms with Gasteiger partial charge in [-0.15, -0.1) is 0 Å². The number of rotatable bonds is 2. The van der Waals surface area contributed by atoms with Crippen LogP contribution in [0.1, 0.15) is 10.4 Å². The van der Waals surface area contributed by atoms with Crippen LogP contribution in [-0.2, 0) is 0 Å². The number of hydrogen-bond acceptors (Lipinski definition) is 4. The van der Waals surface area contributed by atoms with Gasteiger partial charge in [0.2, 0.25) is 0 Å². The molecule has 2 aromatic rings. The molecule has 0 spiro atoms. The number of aromatic nitrogens is 1. The van der Waals surface area contributed by atoms with Crippen LogP contribution in [0.3, 0.4) is 0 Å². The van der Waals surface area contributed by atoms with Crippen molar-refractivity contribution in [3.63, 3.8) is 0 Å². The molecule has 0 fully saturated rings. The van der Waals surface area contributed by atoms with Crippen molar-refractivity contribution in [3.8, 4) is 10.4 Å². The number of thiazole rings is 1. The van der Waals surface area contributed by atoms with E-state index in [2.05, 4.69) is 4.98 Å². The van der Waals surface area contributed by atoms with Crippen molar-refractivity contribution in [2.45, 2.75) is 0 Å². The van der Waals surface area contributed by atoms with Crippen molar-refractivity contribution in [1.29, 1.82) is 0 Å². The number of amides is 1. The lowest BCUT2D eigenvalue weighted by atomic mass is 10.1. The van der Waals surface area contributed by atoms with Gasteiger partial charge in [-0.3, -0.25) is 4.79 Å². The summed E-state index contributed by atoms with van der Waals surface area (Å²) in [6.45, 7) is 0. The van der Waals surface area contributed by atoms with Crippen molar-refractivity contribution in [2.24, 2.45) is 0 Å². The number of nitrogen functional groups attached to an aromatic ring is 1. The Morgan fingerprint density at radius 2 is 1.94 bits per heavy atom. The number of nitrogens with two attached hydrogens (primary N) is 1. The zero-order valence-electron chi connectivity index (χ0n) is 9.68. The van der Waals surface area contributed by atoms with Gasteiger partial charge in [0.1, 0.15) is 0 Å². The van der Waals surface area contributed by atoms with Gasteiger partial charge in [-0.05, 0) is 17.7 Å². The minimum absolute atomic E-state index is 0.000341. The molecule has 1 aromatic carbocycles. The maximum Gasteiger partial charge on any atom is 0.253 e. The maximum absolute atomic E-state index is 11.7. The molecule has 5 heteroatoms. The number of carbonyl (C=O) groups excluding carboxylic acids is 1. The lowest BCUT2D eigenvalue weighted by Crippen LogP contribution is -2.21. The second-order valence-electron chi connectivity index (χ2n) is 3.84. The summed E-state index contributed by atoms with van der Waals surface area (Å²) >= 11 is 1.43. The predicted molar refractivity (Wildman–Crippen MR) is 70.0 cm³/mol. The van der Waals surface area contributed by atoms with Crippen LogP contribution >= 0.6 is 11.3 Å². The van der Waals surface area contributed by atoms with Gasteiger partial charge in [0.25, 0.3) is 5.91 Å². The highest BCUT2D eigenvalue weighted by Crippen LogP contribution is 2.27.